The van der Waals surface area contributed by atoms with E-state index in [-0.39, 0.29) is 0 Å². The van der Waals surface area contributed by atoms with E-state index in [0.717, 1.165) is 11.1 Å². The van der Waals surface area contributed by atoms with Crippen LogP contribution in [0.5, 0.6) is 0 Å². The molecule has 0 aliphatic carbocycles. The number of amides is 1. The Morgan fingerprint density at radius 3 is 2.85 bits per heavy atom. The van der Waals surface area contributed by atoms with Crippen LogP contribution in [-0.4, -0.2) is 11.4 Å². The molecule has 0 atom stereocenters. The predicted molar refractivity (Wildman–Crippen MR) is 56.8 cm³/mol. The Labute approximate surface area is 81.9 Å². The average molecular weight is 194 g/mol. The minimum Gasteiger partial charge on any atom is -0.389 e. The summed E-state index contributed by atoms with van der Waals surface area (Å²) in [6, 6.07) is 5.49. The van der Waals surface area contributed by atoms with Crippen molar-refractivity contribution in [2.45, 2.75) is 6.92 Å². The molecule has 0 bridgehead atoms. The van der Waals surface area contributed by atoms with Gasteiger partial charge in [-0.2, -0.15) is 0 Å². The van der Waals surface area contributed by atoms with Gasteiger partial charge in [-0.1, -0.05) is 24.4 Å². The van der Waals surface area contributed by atoms with Gasteiger partial charge in [-0.25, -0.2) is 0 Å². The van der Waals surface area contributed by atoms with Crippen LogP contribution >= 0.6 is 12.2 Å². The molecule has 0 saturated heterocycles. The third kappa shape index (κ3) is 2.03. The zero-order valence-corrected chi connectivity index (χ0v) is 8.02. The Balaban J connectivity index is 3.25. The first-order chi connectivity index (χ1) is 6.16. The first-order valence-electron chi connectivity index (χ1n) is 3.76. The van der Waals surface area contributed by atoms with E-state index in [1.807, 2.05) is 19.1 Å². The monoisotopic (exact) mass is 194 g/mol. The highest BCUT2D eigenvalue weighted by atomic mass is 32.1. The number of carbonyl (C=O) groups excluding carboxylic acids is 1. The summed E-state index contributed by atoms with van der Waals surface area (Å²) in [4.78, 5) is 10.6. The van der Waals surface area contributed by atoms with Crippen molar-refractivity contribution in [1.82, 2.24) is 0 Å². The van der Waals surface area contributed by atoms with Crippen LogP contribution < -0.4 is 11.1 Å². The third-order valence-corrected chi connectivity index (χ3v) is 1.94. The minimum absolute atomic E-state index is 0.294. The molecule has 1 aromatic rings. The van der Waals surface area contributed by atoms with E-state index in [0.29, 0.717) is 17.1 Å². The number of rotatable bonds is 3. The quantitative estimate of drug-likeness (QED) is 0.561. The van der Waals surface area contributed by atoms with E-state index in [1.54, 1.807) is 6.07 Å². The van der Waals surface area contributed by atoms with Crippen LogP contribution in [0.1, 0.15) is 11.1 Å². The summed E-state index contributed by atoms with van der Waals surface area (Å²) in [7, 11) is 0. The van der Waals surface area contributed by atoms with E-state index in [9.17, 15) is 4.79 Å². The van der Waals surface area contributed by atoms with Crippen LogP contribution in [0.2, 0.25) is 0 Å². The molecule has 0 fully saturated rings. The summed E-state index contributed by atoms with van der Waals surface area (Å²) in [5.74, 6) is 0. The first kappa shape index (κ1) is 9.67. The number of thiocarbonyl (C=S) groups is 1. The van der Waals surface area contributed by atoms with Crippen molar-refractivity contribution in [3.05, 3.63) is 29.3 Å². The maximum atomic E-state index is 10.3. The van der Waals surface area contributed by atoms with Crippen molar-refractivity contribution in [3.8, 4) is 0 Å². The highest BCUT2D eigenvalue weighted by Gasteiger charge is 2.06. The van der Waals surface area contributed by atoms with Gasteiger partial charge in [0.1, 0.15) is 4.99 Å². The summed E-state index contributed by atoms with van der Waals surface area (Å²) in [6.07, 6.45) is 0.608. The van der Waals surface area contributed by atoms with Crippen molar-refractivity contribution in [3.63, 3.8) is 0 Å². The summed E-state index contributed by atoms with van der Waals surface area (Å²) in [5.41, 5.74) is 7.86. The van der Waals surface area contributed by atoms with Gasteiger partial charge < -0.3 is 11.1 Å². The fraction of sp³-hybridized carbons (Fsp3) is 0.111. The van der Waals surface area contributed by atoms with Crippen LogP contribution in [0.15, 0.2) is 18.2 Å². The van der Waals surface area contributed by atoms with Gasteiger partial charge in [-0.15, -0.1) is 0 Å². The molecule has 0 radical (unpaired) electrons. The molecule has 0 aromatic heterocycles. The topological polar surface area (TPSA) is 55.1 Å². The van der Waals surface area contributed by atoms with E-state index in [1.165, 1.54) is 0 Å². The number of anilines is 1. The van der Waals surface area contributed by atoms with Gasteiger partial charge in [0.15, 0.2) is 0 Å². The summed E-state index contributed by atoms with van der Waals surface area (Å²) >= 11 is 4.87. The van der Waals surface area contributed by atoms with Gasteiger partial charge in [0.25, 0.3) is 0 Å². The smallest absolute Gasteiger partial charge is 0.211 e. The first-order valence-corrected chi connectivity index (χ1v) is 4.17. The highest BCUT2D eigenvalue weighted by Crippen LogP contribution is 2.18. The lowest BCUT2D eigenvalue weighted by Crippen LogP contribution is -2.14. The standard InChI is InChI=1S/C9H10N2OS/c1-6-3-2-4-7(11-5-12)8(6)9(10)13/h2-5H,1H3,(H2,10,13)(H,11,12). The van der Waals surface area contributed by atoms with Crippen molar-refractivity contribution >= 4 is 29.3 Å². The van der Waals surface area contributed by atoms with Gasteiger partial charge in [-0.05, 0) is 18.6 Å². The second-order valence-corrected chi connectivity index (χ2v) is 3.06. The molecule has 0 aliphatic heterocycles. The SMILES string of the molecule is Cc1cccc(NC=O)c1C(N)=S. The molecule has 13 heavy (non-hydrogen) atoms. The molecule has 1 aromatic carbocycles. The van der Waals surface area contributed by atoms with Gasteiger partial charge >= 0.3 is 0 Å². The Morgan fingerprint density at radius 1 is 1.62 bits per heavy atom. The Kier molecular flexibility index (Phi) is 2.97. The molecule has 68 valence electrons. The van der Waals surface area contributed by atoms with Crippen molar-refractivity contribution in [1.29, 1.82) is 0 Å². The zero-order valence-electron chi connectivity index (χ0n) is 7.20. The lowest BCUT2D eigenvalue weighted by atomic mass is 10.1. The minimum atomic E-state index is 0.294. The fourth-order valence-electron chi connectivity index (χ4n) is 1.18. The number of benzene rings is 1. The molecule has 1 amide bonds. The van der Waals surface area contributed by atoms with E-state index in [4.69, 9.17) is 18.0 Å². The average Bonchev–Trinajstić information content (AvgIpc) is 2.04. The van der Waals surface area contributed by atoms with Crippen molar-refractivity contribution in [2.24, 2.45) is 5.73 Å². The van der Waals surface area contributed by atoms with Gasteiger partial charge in [0.2, 0.25) is 6.41 Å². The Bertz CT molecular complexity index is 349. The molecule has 0 unspecified atom stereocenters. The van der Waals surface area contributed by atoms with Crippen LogP contribution in [-0.2, 0) is 4.79 Å². The summed E-state index contributed by atoms with van der Waals surface area (Å²) in [6.45, 7) is 1.89. The summed E-state index contributed by atoms with van der Waals surface area (Å²) in [5, 5.41) is 2.55. The molecule has 0 heterocycles. The maximum absolute atomic E-state index is 10.3. The van der Waals surface area contributed by atoms with Crippen molar-refractivity contribution in [2.75, 3.05) is 5.32 Å². The number of hydrogen-bond donors (Lipinski definition) is 2. The number of hydrogen-bond acceptors (Lipinski definition) is 2. The number of nitrogens with two attached hydrogens (primary N) is 1. The van der Waals surface area contributed by atoms with Crippen LogP contribution in [0.25, 0.3) is 0 Å². The lowest BCUT2D eigenvalue weighted by molar-refractivity contribution is -0.105. The highest BCUT2D eigenvalue weighted by molar-refractivity contribution is 7.80. The van der Waals surface area contributed by atoms with Gasteiger partial charge in [0.05, 0.1) is 5.69 Å². The fourth-order valence-corrected chi connectivity index (χ4v) is 1.45. The van der Waals surface area contributed by atoms with Gasteiger partial charge in [-0.3, -0.25) is 4.79 Å². The van der Waals surface area contributed by atoms with Crippen LogP contribution in [0.3, 0.4) is 0 Å². The summed E-state index contributed by atoms with van der Waals surface area (Å²) < 4.78 is 0. The molecule has 4 heteroatoms. The molecule has 1 rings (SSSR count). The molecule has 3 nitrogen and oxygen atoms in total. The molecular formula is C9H10N2OS. The normalized spacial score (nSPS) is 9.31. The van der Waals surface area contributed by atoms with Gasteiger partial charge in [0, 0.05) is 5.56 Å². The molecule has 0 saturated carbocycles. The second-order valence-electron chi connectivity index (χ2n) is 2.62. The zero-order chi connectivity index (χ0) is 9.84. The number of aryl methyl sites for hydroxylation is 1. The van der Waals surface area contributed by atoms with Crippen LogP contribution in [0, 0.1) is 6.92 Å². The van der Waals surface area contributed by atoms with Crippen molar-refractivity contribution < 1.29 is 4.79 Å². The van der Waals surface area contributed by atoms with E-state index >= 15 is 0 Å². The predicted octanol–water partition coefficient (Wildman–Crippen LogP) is 1.20. The Hall–Kier alpha value is -1.42. The van der Waals surface area contributed by atoms with E-state index < -0.39 is 0 Å². The Morgan fingerprint density at radius 2 is 2.31 bits per heavy atom. The van der Waals surface area contributed by atoms with E-state index in [2.05, 4.69) is 5.32 Å². The third-order valence-electron chi connectivity index (χ3n) is 1.73. The van der Waals surface area contributed by atoms with Crippen LogP contribution in [0.4, 0.5) is 5.69 Å². The maximum Gasteiger partial charge on any atom is 0.211 e. The second kappa shape index (κ2) is 4.00. The molecule has 0 spiro atoms. The molecular weight excluding hydrogens is 184 g/mol. The molecule has 0 aliphatic rings. The lowest BCUT2D eigenvalue weighted by Gasteiger charge is -2.09. The number of carbonyl (C=O) groups is 1. The number of nitrogens with one attached hydrogen (secondary N) is 1. The largest absolute Gasteiger partial charge is 0.389 e. The molecule has 3 N–H and O–H groups in total.